The maximum Gasteiger partial charge on any atom is 0.231 e. The number of ether oxygens (including phenoxy) is 2. The molecule has 8 nitrogen and oxygen atoms in total. The standard InChI is InChI=1S/C24H17ClN4O4S/c25-15-4-3-5-16(11-15)34(30,31)22-21-24(28-18-7-2-1-6-17(18)27-21)29(23(22)26)12-14-8-9-19-20(10-14)33-13-32-19/h1-11H,12-13,26H2. The number of fused-ring (bicyclic) bond motifs is 3. The lowest BCUT2D eigenvalue weighted by atomic mass is 10.2. The Balaban J connectivity index is 1.60. The molecule has 0 saturated carbocycles. The first-order valence-electron chi connectivity index (χ1n) is 10.4. The van der Waals surface area contributed by atoms with Crippen LogP contribution in [0.2, 0.25) is 5.02 Å². The van der Waals surface area contributed by atoms with Gasteiger partial charge in [-0.25, -0.2) is 18.4 Å². The molecule has 1 aliphatic rings. The summed E-state index contributed by atoms with van der Waals surface area (Å²) in [5.41, 5.74) is 9.13. The lowest BCUT2D eigenvalue weighted by Crippen LogP contribution is -2.09. The fraction of sp³-hybridized carbons (Fsp3) is 0.0833. The average Bonchev–Trinajstić information content (AvgIpc) is 3.40. The number of anilines is 1. The van der Waals surface area contributed by atoms with Crippen LogP contribution in [0.5, 0.6) is 11.5 Å². The van der Waals surface area contributed by atoms with E-state index in [2.05, 4.69) is 4.98 Å². The molecule has 0 fully saturated rings. The Bertz CT molecular complexity index is 1720. The van der Waals surface area contributed by atoms with Crippen LogP contribution in [0.3, 0.4) is 0 Å². The molecule has 0 bridgehead atoms. The van der Waals surface area contributed by atoms with Crippen LogP contribution in [0.15, 0.2) is 76.5 Å². The summed E-state index contributed by atoms with van der Waals surface area (Å²) >= 11 is 6.08. The molecule has 0 saturated heterocycles. The molecule has 170 valence electrons. The molecule has 0 atom stereocenters. The second kappa shape index (κ2) is 7.61. The lowest BCUT2D eigenvalue weighted by Gasteiger charge is -2.09. The van der Waals surface area contributed by atoms with Crippen molar-refractivity contribution in [1.29, 1.82) is 0 Å². The molecule has 34 heavy (non-hydrogen) atoms. The summed E-state index contributed by atoms with van der Waals surface area (Å²) in [5, 5.41) is 0.306. The Morgan fingerprint density at radius 2 is 1.71 bits per heavy atom. The van der Waals surface area contributed by atoms with Crippen molar-refractivity contribution < 1.29 is 17.9 Å². The van der Waals surface area contributed by atoms with E-state index in [1.165, 1.54) is 12.1 Å². The molecule has 0 radical (unpaired) electrons. The molecule has 0 unspecified atom stereocenters. The van der Waals surface area contributed by atoms with Gasteiger partial charge in [-0.15, -0.1) is 0 Å². The third-order valence-electron chi connectivity index (χ3n) is 5.70. The largest absolute Gasteiger partial charge is 0.454 e. The molecule has 6 rings (SSSR count). The van der Waals surface area contributed by atoms with E-state index in [1.807, 2.05) is 36.4 Å². The Morgan fingerprint density at radius 1 is 0.941 bits per heavy atom. The quantitative estimate of drug-likeness (QED) is 0.395. The zero-order valence-electron chi connectivity index (χ0n) is 17.6. The molecule has 3 aromatic carbocycles. The molecule has 1 aliphatic heterocycles. The van der Waals surface area contributed by atoms with Crippen molar-refractivity contribution >= 4 is 49.5 Å². The van der Waals surface area contributed by atoms with Gasteiger partial charge in [-0.05, 0) is 48.0 Å². The van der Waals surface area contributed by atoms with Gasteiger partial charge in [0, 0.05) is 5.02 Å². The molecule has 3 heterocycles. The van der Waals surface area contributed by atoms with Gasteiger partial charge in [-0.2, -0.15) is 0 Å². The molecule has 2 aromatic heterocycles. The van der Waals surface area contributed by atoms with Gasteiger partial charge in [0.25, 0.3) is 0 Å². The summed E-state index contributed by atoms with van der Waals surface area (Å²) in [6.45, 7) is 0.421. The van der Waals surface area contributed by atoms with Crippen molar-refractivity contribution in [3.63, 3.8) is 0 Å². The van der Waals surface area contributed by atoms with Gasteiger partial charge in [-0.1, -0.05) is 35.9 Å². The molecular weight excluding hydrogens is 476 g/mol. The number of halogens is 1. The number of aromatic nitrogens is 3. The van der Waals surface area contributed by atoms with Crippen LogP contribution in [-0.2, 0) is 16.4 Å². The van der Waals surface area contributed by atoms with Crippen molar-refractivity contribution in [3.8, 4) is 11.5 Å². The smallest absolute Gasteiger partial charge is 0.231 e. The maximum absolute atomic E-state index is 13.7. The number of hydrogen-bond acceptors (Lipinski definition) is 7. The SMILES string of the molecule is Nc1c(S(=O)(=O)c2cccc(Cl)c2)c2nc3ccccc3nc2n1Cc1ccc2c(c1)OCO2. The fourth-order valence-corrected chi connectivity index (χ4v) is 5.90. The second-order valence-electron chi connectivity index (χ2n) is 7.83. The topological polar surface area (TPSA) is 109 Å². The van der Waals surface area contributed by atoms with Gasteiger partial charge >= 0.3 is 0 Å². The summed E-state index contributed by atoms with van der Waals surface area (Å²) in [4.78, 5) is 9.32. The van der Waals surface area contributed by atoms with Gasteiger partial charge in [0.05, 0.1) is 22.5 Å². The van der Waals surface area contributed by atoms with Crippen LogP contribution >= 0.6 is 11.6 Å². The van der Waals surface area contributed by atoms with Crippen molar-refractivity contribution in [2.45, 2.75) is 16.3 Å². The third kappa shape index (κ3) is 3.24. The summed E-state index contributed by atoms with van der Waals surface area (Å²) < 4.78 is 40.0. The number of benzene rings is 3. The van der Waals surface area contributed by atoms with Gasteiger partial charge in [0.15, 0.2) is 17.1 Å². The Morgan fingerprint density at radius 3 is 2.50 bits per heavy atom. The van der Waals surface area contributed by atoms with E-state index in [-0.39, 0.29) is 34.5 Å². The van der Waals surface area contributed by atoms with Gasteiger partial charge in [0.1, 0.15) is 16.2 Å². The van der Waals surface area contributed by atoms with Gasteiger partial charge in [-0.3, -0.25) is 0 Å². The number of rotatable bonds is 4. The minimum atomic E-state index is -4.05. The van der Waals surface area contributed by atoms with Gasteiger partial charge in [0.2, 0.25) is 16.6 Å². The second-order valence-corrected chi connectivity index (χ2v) is 10.2. The van der Waals surface area contributed by atoms with Crippen molar-refractivity contribution in [1.82, 2.24) is 14.5 Å². The minimum Gasteiger partial charge on any atom is -0.454 e. The highest BCUT2D eigenvalue weighted by molar-refractivity contribution is 7.92. The summed E-state index contributed by atoms with van der Waals surface area (Å²) in [6.07, 6.45) is 0. The first-order chi connectivity index (χ1) is 16.4. The molecule has 10 heteroatoms. The maximum atomic E-state index is 13.7. The van der Waals surface area contributed by atoms with Crippen LogP contribution < -0.4 is 15.2 Å². The summed E-state index contributed by atoms with van der Waals surface area (Å²) in [5.74, 6) is 1.32. The molecular formula is C24H17ClN4O4S. The monoisotopic (exact) mass is 492 g/mol. The number of nitrogens with two attached hydrogens (primary N) is 1. The number of para-hydroxylation sites is 2. The summed E-state index contributed by atoms with van der Waals surface area (Å²) in [7, 11) is -4.05. The zero-order chi connectivity index (χ0) is 23.4. The van der Waals surface area contributed by atoms with Crippen molar-refractivity contribution in [2.24, 2.45) is 0 Å². The first-order valence-corrected chi connectivity index (χ1v) is 12.2. The zero-order valence-corrected chi connectivity index (χ0v) is 19.2. The molecule has 0 amide bonds. The molecule has 0 aliphatic carbocycles. The minimum absolute atomic E-state index is 0.0313. The Labute approximate surface area is 199 Å². The van der Waals surface area contributed by atoms with E-state index in [0.29, 0.717) is 33.2 Å². The Kier molecular flexibility index (Phi) is 4.65. The van der Waals surface area contributed by atoms with E-state index in [1.54, 1.807) is 22.8 Å². The van der Waals surface area contributed by atoms with Crippen LogP contribution in [0.4, 0.5) is 5.82 Å². The van der Waals surface area contributed by atoms with E-state index < -0.39 is 9.84 Å². The third-order valence-corrected chi connectivity index (χ3v) is 7.75. The predicted molar refractivity (Wildman–Crippen MR) is 128 cm³/mol. The highest BCUT2D eigenvalue weighted by Crippen LogP contribution is 2.37. The van der Waals surface area contributed by atoms with Gasteiger partial charge < -0.3 is 19.8 Å². The van der Waals surface area contributed by atoms with E-state index >= 15 is 0 Å². The fourth-order valence-electron chi connectivity index (χ4n) is 4.09. The van der Waals surface area contributed by atoms with Crippen molar-refractivity contribution in [2.75, 3.05) is 12.5 Å². The van der Waals surface area contributed by atoms with Crippen molar-refractivity contribution in [3.05, 3.63) is 77.3 Å². The van der Waals surface area contributed by atoms with E-state index in [9.17, 15) is 8.42 Å². The molecule has 2 N–H and O–H groups in total. The lowest BCUT2D eigenvalue weighted by molar-refractivity contribution is 0.174. The van der Waals surface area contributed by atoms with Crippen LogP contribution in [0, 0.1) is 0 Å². The Hall–Kier alpha value is -3.82. The first kappa shape index (κ1) is 20.8. The van der Waals surface area contributed by atoms with Crippen LogP contribution in [-0.4, -0.2) is 29.7 Å². The van der Waals surface area contributed by atoms with Crippen LogP contribution in [0.25, 0.3) is 22.2 Å². The highest BCUT2D eigenvalue weighted by Gasteiger charge is 2.30. The van der Waals surface area contributed by atoms with E-state index in [4.69, 9.17) is 31.8 Å². The summed E-state index contributed by atoms with van der Waals surface area (Å²) in [6, 6.07) is 18.9. The predicted octanol–water partition coefficient (Wildman–Crippen LogP) is 4.43. The molecule has 0 spiro atoms. The normalized spacial score (nSPS) is 13.1. The number of nitrogen functional groups attached to an aromatic ring is 1. The number of sulfone groups is 1. The van der Waals surface area contributed by atoms with Crippen LogP contribution in [0.1, 0.15) is 5.56 Å². The average molecular weight is 493 g/mol. The highest BCUT2D eigenvalue weighted by atomic mass is 35.5. The van der Waals surface area contributed by atoms with E-state index in [0.717, 1.165) is 5.56 Å². The number of nitrogens with zero attached hydrogens (tertiary/aromatic N) is 3. The number of hydrogen-bond donors (Lipinski definition) is 1. The molecule has 5 aromatic rings.